The lowest BCUT2D eigenvalue weighted by molar-refractivity contribution is -0.125. The van der Waals surface area contributed by atoms with Crippen molar-refractivity contribution in [1.82, 2.24) is 10.2 Å². The molecule has 0 bridgehead atoms. The molecule has 2 atom stereocenters. The number of methoxy groups -OCH3 is 1. The molecule has 1 saturated carbocycles. The van der Waals surface area contributed by atoms with Crippen LogP contribution in [-0.4, -0.2) is 43.0 Å². The van der Waals surface area contributed by atoms with E-state index in [0.29, 0.717) is 24.7 Å². The van der Waals surface area contributed by atoms with E-state index in [9.17, 15) is 9.59 Å². The van der Waals surface area contributed by atoms with Crippen LogP contribution in [-0.2, 0) is 4.79 Å². The van der Waals surface area contributed by atoms with Gasteiger partial charge in [-0.05, 0) is 49.6 Å². The number of carbonyl (C=O) groups is 2. The van der Waals surface area contributed by atoms with Crippen LogP contribution in [0, 0.1) is 12.8 Å². The summed E-state index contributed by atoms with van der Waals surface area (Å²) in [6.45, 7) is 2.97. The zero-order valence-electron chi connectivity index (χ0n) is 16.4. The third-order valence-electron chi connectivity index (χ3n) is 5.69. The Balaban J connectivity index is 1.59. The summed E-state index contributed by atoms with van der Waals surface area (Å²) in [4.78, 5) is 27.7. The molecular formula is C23H26N2O3. The summed E-state index contributed by atoms with van der Waals surface area (Å²) >= 11 is 0. The van der Waals surface area contributed by atoms with Crippen molar-refractivity contribution in [2.45, 2.75) is 31.7 Å². The fourth-order valence-electron chi connectivity index (χ4n) is 3.86. The second-order valence-corrected chi connectivity index (χ2v) is 7.85. The van der Waals surface area contributed by atoms with Crippen molar-refractivity contribution in [2.24, 2.45) is 5.92 Å². The van der Waals surface area contributed by atoms with Gasteiger partial charge in [0.05, 0.1) is 13.0 Å². The quantitative estimate of drug-likeness (QED) is 0.870. The molecule has 5 nitrogen and oxygen atoms in total. The minimum absolute atomic E-state index is 0.0189. The zero-order valence-corrected chi connectivity index (χ0v) is 16.4. The second kappa shape index (κ2) is 7.66. The maximum absolute atomic E-state index is 13.0. The van der Waals surface area contributed by atoms with Gasteiger partial charge in [0, 0.05) is 30.6 Å². The van der Waals surface area contributed by atoms with Gasteiger partial charge >= 0.3 is 0 Å². The van der Waals surface area contributed by atoms with Crippen molar-refractivity contribution in [2.75, 3.05) is 20.2 Å². The number of amides is 2. The molecule has 146 valence electrons. The summed E-state index contributed by atoms with van der Waals surface area (Å²) < 4.78 is 5.36. The molecule has 1 aliphatic heterocycles. The molecule has 2 aromatic rings. The minimum Gasteiger partial charge on any atom is -0.497 e. The second-order valence-electron chi connectivity index (χ2n) is 7.85. The number of rotatable bonds is 5. The van der Waals surface area contributed by atoms with E-state index in [1.54, 1.807) is 7.11 Å². The van der Waals surface area contributed by atoms with Gasteiger partial charge in [-0.25, -0.2) is 0 Å². The lowest BCUT2D eigenvalue weighted by atomic mass is 9.88. The van der Waals surface area contributed by atoms with Gasteiger partial charge in [-0.1, -0.05) is 29.8 Å². The summed E-state index contributed by atoms with van der Waals surface area (Å²) in [5.74, 6) is 0.511. The van der Waals surface area contributed by atoms with Gasteiger partial charge in [0.25, 0.3) is 5.91 Å². The van der Waals surface area contributed by atoms with E-state index in [-0.39, 0.29) is 23.7 Å². The predicted octanol–water partition coefficient (Wildman–Crippen LogP) is 3.14. The smallest absolute Gasteiger partial charge is 0.253 e. The summed E-state index contributed by atoms with van der Waals surface area (Å²) in [7, 11) is 1.64. The van der Waals surface area contributed by atoms with Crippen LogP contribution in [0.2, 0.25) is 0 Å². The number of carbonyl (C=O) groups excluding carboxylic acids is 2. The first-order valence-corrected chi connectivity index (χ1v) is 9.85. The zero-order chi connectivity index (χ0) is 19.7. The molecule has 1 saturated heterocycles. The van der Waals surface area contributed by atoms with Crippen molar-refractivity contribution >= 4 is 11.8 Å². The van der Waals surface area contributed by atoms with E-state index in [2.05, 4.69) is 5.32 Å². The first-order chi connectivity index (χ1) is 13.5. The third kappa shape index (κ3) is 3.88. The lowest BCUT2D eigenvalue weighted by Crippen LogP contribution is -2.36. The fraction of sp³-hybridized carbons (Fsp3) is 0.391. The van der Waals surface area contributed by atoms with Crippen molar-refractivity contribution in [1.29, 1.82) is 0 Å². The van der Waals surface area contributed by atoms with Crippen LogP contribution < -0.4 is 10.1 Å². The topological polar surface area (TPSA) is 58.6 Å². The summed E-state index contributed by atoms with van der Waals surface area (Å²) in [6, 6.07) is 15.7. The van der Waals surface area contributed by atoms with Crippen molar-refractivity contribution < 1.29 is 14.3 Å². The molecule has 2 fully saturated rings. The highest BCUT2D eigenvalue weighted by Gasteiger charge is 2.42. The van der Waals surface area contributed by atoms with Crippen LogP contribution in [0.5, 0.6) is 5.75 Å². The number of ether oxygens (including phenoxy) is 1. The van der Waals surface area contributed by atoms with Crippen molar-refractivity contribution in [3.8, 4) is 5.75 Å². The van der Waals surface area contributed by atoms with Crippen molar-refractivity contribution in [3.05, 3.63) is 65.2 Å². The molecule has 5 heteroatoms. The first kappa shape index (κ1) is 18.5. The Hall–Kier alpha value is -2.82. The largest absolute Gasteiger partial charge is 0.497 e. The molecule has 1 N–H and O–H groups in total. The molecule has 1 heterocycles. The van der Waals surface area contributed by atoms with Gasteiger partial charge in [-0.3, -0.25) is 9.59 Å². The van der Waals surface area contributed by atoms with Gasteiger partial charge in [0.15, 0.2) is 0 Å². The highest BCUT2D eigenvalue weighted by atomic mass is 16.5. The number of likely N-dealkylation sites (tertiary alicyclic amines) is 1. The van der Waals surface area contributed by atoms with Crippen molar-refractivity contribution in [3.63, 3.8) is 0 Å². The maximum atomic E-state index is 13.0. The molecule has 0 aromatic heterocycles. The Morgan fingerprint density at radius 2 is 1.82 bits per heavy atom. The van der Waals surface area contributed by atoms with Crippen LogP contribution in [0.15, 0.2) is 48.5 Å². The Labute approximate surface area is 165 Å². The van der Waals surface area contributed by atoms with Crippen LogP contribution >= 0.6 is 0 Å². The standard InChI is InChI=1S/C23H26N2O3/c1-15-6-8-16(9-7-15)23(27)25-13-20(17-4-3-5-19(12-17)28-2)21(14-25)22(26)24-18-10-11-18/h3-9,12,18,20-21H,10-11,13-14H2,1-2H3,(H,24,26). The normalized spacial score (nSPS) is 21.4. The molecule has 28 heavy (non-hydrogen) atoms. The third-order valence-corrected chi connectivity index (χ3v) is 5.69. The predicted molar refractivity (Wildman–Crippen MR) is 107 cm³/mol. The van der Waals surface area contributed by atoms with Crippen LogP contribution in [0.4, 0.5) is 0 Å². The van der Waals surface area contributed by atoms with Gasteiger partial charge < -0.3 is 15.0 Å². The molecule has 0 spiro atoms. The maximum Gasteiger partial charge on any atom is 0.253 e. The molecule has 2 amide bonds. The SMILES string of the molecule is COc1cccc(C2CN(C(=O)c3ccc(C)cc3)CC2C(=O)NC2CC2)c1. The molecular weight excluding hydrogens is 352 g/mol. The highest BCUT2D eigenvalue weighted by molar-refractivity contribution is 5.95. The Morgan fingerprint density at radius 3 is 2.50 bits per heavy atom. The first-order valence-electron chi connectivity index (χ1n) is 9.85. The van der Waals surface area contributed by atoms with Crippen LogP contribution in [0.3, 0.4) is 0 Å². The molecule has 2 aliphatic rings. The molecule has 2 unspecified atom stereocenters. The number of benzene rings is 2. The average Bonchev–Trinajstić information content (AvgIpc) is 3.41. The van der Waals surface area contributed by atoms with Gasteiger partial charge in [0.2, 0.25) is 5.91 Å². The molecule has 2 aromatic carbocycles. The molecule has 0 radical (unpaired) electrons. The Bertz CT molecular complexity index is 874. The van der Waals surface area contributed by atoms with E-state index in [4.69, 9.17) is 4.74 Å². The fourth-order valence-corrected chi connectivity index (χ4v) is 3.86. The average molecular weight is 378 g/mol. The van der Waals surface area contributed by atoms with E-state index in [1.807, 2.05) is 60.4 Å². The van der Waals surface area contributed by atoms with Gasteiger partial charge in [0.1, 0.15) is 5.75 Å². The number of hydrogen-bond acceptors (Lipinski definition) is 3. The Morgan fingerprint density at radius 1 is 1.07 bits per heavy atom. The lowest BCUT2D eigenvalue weighted by Gasteiger charge is -2.18. The summed E-state index contributed by atoms with van der Waals surface area (Å²) in [6.07, 6.45) is 2.10. The number of hydrogen-bond donors (Lipinski definition) is 1. The van der Waals surface area contributed by atoms with Crippen LogP contribution in [0.1, 0.15) is 40.2 Å². The van der Waals surface area contributed by atoms with Gasteiger partial charge in [-0.15, -0.1) is 0 Å². The number of nitrogens with zero attached hydrogens (tertiary/aromatic N) is 1. The van der Waals surface area contributed by atoms with Crippen LogP contribution in [0.25, 0.3) is 0 Å². The minimum atomic E-state index is -0.248. The van der Waals surface area contributed by atoms with E-state index in [1.165, 1.54) is 0 Å². The number of nitrogens with one attached hydrogen (secondary N) is 1. The molecule has 1 aliphatic carbocycles. The monoisotopic (exact) mass is 378 g/mol. The Kier molecular flexibility index (Phi) is 5.07. The van der Waals surface area contributed by atoms with E-state index >= 15 is 0 Å². The summed E-state index contributed by atoms with van der Waals surface area (Å²) in [5, 5.41) is 3.12. The summed E-state index contributed by atoms with van der Waals surface area (Å²) in [5.41, 5.74) is 2.82. The van der Waals surface area contributed by atoms with Gasteiger partial charge in [-0.2, -0.15) is 0 Å². The number of aryl methyl sites for hydroxylation is 1. The highest BCUT2D eigenvalue weighted by Crippen LogP contribution is 2.36. The van der Waals surface area contributed by atoms with E-state index < -0.39 is 0 Å². The van der Waals surface area contributed by atoms with E-state index in [0.717, 1.165) is 29.7 Å². The molecule has 4 rings (SSSR count).